The average Bonchev–Trinajstić information content (AvgIpc) is 2.82. The molecule has 1 aliphatic heterocycles. The number of aryl methyl sites for hydroxylation is 1. The van der Waals surface area contributed by atoms with Gasteiger partial charge in [-0.15, -0.1) is 0 Å². The summed E-state index contributed by atoms with van der Waals surface area (Å²) in [7, 11) is 1.38. The number of fused-ring (bicyclic) bond motifs is 1. The van der Waals surface area contributed by atoms with Gasteiger partial charge in [0.05, 0.1) is 18.8 Å². The van der Waals surface area contributed by atoms with Crippen molar-refractivity contribution >= 4 is 17.5 Å². The highest BCUT2D eigenvalue weighted by Crippen LogP contribution is 2.33. The molecule has 1 atom stereocenters. The summed E-state index contributed by atoms with van der Waals surface area (Å²) < 4.78 is 6.71. The van der Waals surface area contributed by atoms with Gasteiger partial charge in [0.2, 0.25) is 0 Å². The second-order valence-corrected chi connectivity index (χ2v) is 5.15. The number of hydrogen-bond donors (Lipinski definition) is 2. The summed E-state index contributed by atoms with van der Waals surface area (Å²) in [6, 6.07) is 7.85. The van der Waals surface area contributed by atoms with E-state index in [4.69, 9.17) is 10.5 Å². The predicted octanol–water partition coefficient (Wildman–Crippen LogP) is 1.97. The Balaban J connectivity index is 2.09. The maximum absolute atomic E-state index is 11.9. The van der Waals surface area contributed by atoms with E-state index in [0.29, 0.717) is 11.3 Å². The van der Waals surface area contributed by atoms with Crippen LogP contribution in [0.4, 0.5) is 11.5 Å². The minimum Gasteiger partial charge on any atom is -0.465 e. The molecule has 110 valence electrons. The number of ether oxygens (including phenoxy) is 1. The Morgan fingerprint density at radius 3 is 3.05 bits per heavy atom. The van der Waals surface area contributed by atoms with Crippen molar-refractivity contribution in [2.45, 2.75) is 19.4 Å². The van der Waals surface area contributed by atoms with Crippen LogP contribution in [0.5, 0.6) is 0 Å². The Hall–Kier alpha value is -2.50. The predicted molar refractivity (Wildman–Crippen MR) is 80.4 cm³/mol. The molecule has 0 aliphatic carbocycles. The molecule has 0 fully saturated rings. The van der Waals surface area contributed by atoms with E-state index in [1.165, 1.54) is 7.11 Å². The molecule has 0 saturated heterocycles. The zero-order valence-corrected chi connectivity index (χ0v) is 12.1. The lowest BCUT2D eigenvalue weighted by atomic mass is 10.0. The number of nitrogen functional groups attached to an aromatic ring is 1. The van der Waals surface area contributed by atoms with E-state index >= 15 is 0 Å². The number of methoxy groups -OCH3 is 1. The summed E-state index contributed by atoms with van der Waals surface area (Å²) >= 11 is 0. The minimum absolute atomic E-state index is 0.0712. The number of nitrogens with one attached hydrogen (secondary N) is 1. The number of benzene rings is 1. The lowest BCUT2D eigenvalue weighted by Crippen LogP contribution is -2.25. The quantitative estimate of drug-likeness (QED) is 0.651. The first kappa shape index (κ1) is 13.5. The van der Waals surface area contributed by atoms with Crippen molar-refractivity contribution in [2.75, 3.05) is 24.7 Å². The molecular formula is C15H18N4O2. The highest BCUT2D eigenvalue weighted by molar-refractivity contribution is 5.96. The van der Waals surface area contributed by atoms with Crippen molar-refractivity contribution in [1.29, 1.82) is 0 Å². The monoisotopic (exact) mass is 286 g/mol. The molecule has 2 aromatic rings. The Kier molecular flexibility index (Phi) is 3.29. The van der Waals surface area contributed by atoms with E-state index in [1.54, 1.807) is 0 Å². The average molecular weight is 286 g/mol. The maximum atomic E-state index is 11.9. The summed E-state index contributed by atoms with van der Waals surface area (Å²) in [5.74, 6) is 0.354. The van der Waals surface area contributed by atoms with Gasteiger partial charge in [-0.1, -0.05) is 12.1 Å². The fourth-order valence-electron chi connectivity index (χ4n) is 2.81. The zero-order valence-electron chi connectivity index (χ0n) is 12.1. The van der Waals surface area contributed by atoms with E-state index < -0.39 is 0 Å². The third-order valence-corrected chi connectivity index (χ3v) is 3.78. The lowest BCUT2D eigenvalue weighted by Gasteiger charge is -2.26. The van der Waals surface area contributed by atoms with Crippen LogP contribution in [0.1, 0.15) is 34.1 Å². The summed E-state index contributed by atoms with van der Waals surface area (Å²) in [5.41, 5.74) is 8.86. The molecule has 21 heavy (non-hydrogen) atoms. The molecule has 0 spiro atoms. The second-order valence-electron chi connectivity index (χ2n) is 5.15. The van der Waals surface area contributed by atoms with Gasteiger partial charge in [-0.2, -0.15) is 5.10 Å². The van der Waals surface area contributed by atoms with Crippen molar-refractivity contribution < 1.29 is 9.53 Å². The second kappa shape index (κ2) is 5.12. The first-order valence-electron chi connectivity index (χ1n) is 6.88. The fraction of sp³-hybridized carbons (Fsp3) is 0.333. The Bertz CT molecular complexity index is 693. The molecular weight excluding hydrogens is 268 g/mol. The lowest BCUT2D eigenvalue weighted by molar-refractivity contribution is 0.0601. The first-order valence-corrected chi connectivity index (χ1v) is 6.88. The van der Waals surface area contributed by atoms with Gasteiger partial charge in [-0.05, 0) is 31.0 Å². The highest BCUT2D eigenvalue weighted by Gasteiger charge is 2.29. The molecule has 6 heteroatoms. The van der Waals surface area contributed by atoms with Gasteiger partial charge in [0.25, 0.3) is 0 Å². The van der Waals surface area contributed by atoms with Crippen LogP contribution >= 0.6 is 0 Å². The van der Waals surface area contributed by atoms with Crippen LogP contribution in [0.15, 0.2) is 24.3 Å². The van der Waals surface area contributed by atoms with Gasteiger partial charge >= 0.3 is 5.97 Å². The van der Waals surface area contributed by atoms with E-state index in [0.717, 1.165) is 30.0 Å². The van der Waals surface area contributed by atoms with Crippen LogP contribution in [0, 0.1) is 6.92 Å². The van der Waals surface area contributed by atoms with Crippen LogP contribution in [0.2, 0.25) is 0 Å². The molecule has 6 nitrogen and oxygen atoms in total. The molecule has 1 aromatic heterocycles. The number of nitrogens with two attached hydrogens (primary N) is 1. The molecule has 1 aliphatic rings. The first-order chi connectivity index (χ1) is 10.1. The number of aromatic nitrogens is 2. The molecule has 3 N–H and O–H groups in total. The normalized spacial score (nSPS) is 17.0. The van der Waals surface area contributed by atoms with E-state index in [2.05, 4.69) is 10.4 Å². The molecule has 3 rings (SSSR count). The third kappa shape index (κ3) is 2.22. The smallest absolute Gasteiger partial charge is 0.343 e. The van der Waals surface area contributed by atoms with Gasteiger partial charge in [0, 0.05) is 12.2 Å². The molecule has 0 radical (unpaired) electrons. The number of anilines is 2. The standard InChI is InChI=1S/C15H18N4O2/c1-9-13(15(20)21-2)14-17-7-6-12(19(14)18-9)10-4-3-5-11(16)8-10/h3-5,8,12,17H,6-7,16H2,1-2H3. The number of carbonyl (C=O) groups is 1. The van der Waals surface area contributed by atoms with Crippen molar-refractivity contribution in [2.24, 2.45) is 0 Å². The van der Waals surface area contributed by atoms with Crippen LogP contribution < -0.4 is 11.1 Å². The van der Waals surface area contributed by atoms with Gasteiger partial charge in [0.15, 0.2) is 0 Å². The van der Waals surface area contributed by atoms with Crippen LogP contribution in [-0.2, 0) is 4.74 Å². The molecule has 0 amide bonds. The van der Waals surface area contributed by atoms with Crippen molar-refractivity contribution in [1.82, 2.24) is 9.78 Å². The largest absolute Gasteiger partial charge is 0.465 e. The zero-order chi connectivity index (χ0) is 15.0. The molecule has 0 saturated carbocycles. The Morgan fingerprint density at radius 2 is 2.33 bits per heavy atom. The molecule has 0 bridgehead atoms. The van der Waals surface area contributed by atoms with Gasteiger partial charge in [-0.3, -0.25) is 0 Å². The summed E-state index contributed by atoms with van der Waals surface area (Å²) in [4.78, 5) is 11.9. The number of esters is 1. The van der Waals surface area contributed by atoms with Crippen LogP contribution in [-0.4, -0.2) is 29.4 Å². The topological polar surface area (TPSA) is 82.2 Å². The molecule has 1 aromatic carbocycles. The number of nitrogens with zero attached hydrogens (tertiary/aromatic N) is 2. The number of carbonyl (C=O) groups excluding carboxylic acids is 1. The maximum Gasteiger partial charge on any atom is 0.343 e. The molecule has 1 unspecified atom stereocenters. The third-order valence-electron chi connectivity index (χ3n) is 3.78. The van der Waals surface area contributed by atoms with Crippen molar-refractivity contribution in [3.8, 4) is 0 Å². The highest BCUT2D eigenvalue weighted by atomic mass is 16.5. The van der Waals surface area contributed by atoms with Crippen molar-refractivity contribution in [3.63, 3.8) is 0 Å². The summed E-state index contributed by atoms with van der Waals surface area (Å²) in [6.07, 6.45) is 0.887. The Morgan fingerprint density at radius 1 is 1.52 bits per heavy atom. The minimum atomic E-state index is -0.366. The van der Waals surface area contributed by atoms with Crippen LogP contribution in [0.25, 0.3) is 0 Å². The van der Waals surface area contributed by atoms with Crippen molar-refractivity contribution in [3.05, 3.63) is 41.1 Å². The van der Waals surface area contributed by atoms with Gasteiger partial charge in [-0.25, -0.2) is 9.48 Å². The van der Waals surface area contributed by atoms with Gasteiger partial charge < -0.3 is 15.8 Å². The summed E-state index contributed by atoms with van der Waals surface area (Å²) in [6.45, 7) is 2.59. The number of hydrogen-bond acceptors (Lipinski definition) is 5. The summed E-state index contributed by atoms with van der Waals surface area (Å²) in [5, 5.41) is 7.77. The van der Waals surface area contributed by atoms with E-state index in [1.807, 2.05) is 35.9 Å². The van der Waals surface area contributed by atoms with Gasteiger partial charge in [0.1, 0.15) is 11.4 Å². The van der Waals surface area contributed by atoms with Crippen LogP contribution in [0.3, 0.4) is 0 Å². The molecule has 2 heterocycles. The SMILES string of the molecule is COC(=O)c1c(C)nn2c1NCCC2c1cccc(N)c1. The number of rotatable bonds is 2. The fourth-order valence-corrected chi connectivity index (χ4v) is 2.81. The Labute approximate surface area is 122 Å². The van der Waals surface area contributed by atoms with E-state index in [9.17, 15) is 4.79 Å². The van der Waals surface area contributed by atoms with E-state index in [-0.39, 0.29) is 12.0 Å².